The van der Waals surface area contributed by atoms with Crippen molar-refractivity contribution >= 4 is 17.9 Å². The van der Waals surface area contributed by atoms with Gasteiger partial charge in [0.1, 0.15) is 13.2 Å². The predicted molar refractivity (Wildman–Crippen MR) is 265 cm³/mol. The lowest BCUT2D eigenvalue weighted by Gasteiger charge is -2.18. The van der Waals surface area contributed by atoms with Crippen LogP contribution in [0.2, 0.25) is 0 Å². The first kappa shape index (κ1) is 59.1. The molecule has 6 heteroatoms. The lowest BCUT2D eigenvalue weighted by atomic mass is 10.0. The van der Waals surface area contributed by atoms with Gasteiger partial charge in [0.25, 0.3) is 0 Å². The van der Waals surface area contributed by atoms with Crippen LogP contribution < -0.4 is 0 Å². The first-order valence-corrected chi connectivity index (χ1v) is 26.3. The van der Waals surface area contributed by atoms with Crippen LogP contribution >= 0.6 is 0 Å². The molecule has 0 heterocycles. The molecule has 0 rings (SSSR count). The Hall–Kier alpha value is -2.89. The average Bonchev–Trinajstić information content (AvgIpc) is 3.27. The molecule has 0 saturated carbocycles. The minimum Gasteiger partial charge on any atom is -0.462 e. The number of allylic oxidation sites excluding steroid dienone is 10. The van der Waals surface area contributed by atoms with Crippen molar-refractivity contribution in [3.8, 4) is 0 Å². The van der Waals surface area contributed by atoms with Crippen molar-refractivity contribution in [1.29, 1.82) is 0 Å². The van der Waals surface area contributed by atoms with Gasteiger partial charge in [0, 0.05) is 19.3 Å². The number of unbranched alkanes of at least 4 members (excludes halogenated alkanes) is 26. The van der Waals surface area contributed by atoms with Gasteiger partial charge in [0.15, 0.2) is 6.10 Å². The van der Waals surface area contributed by atoms with Gasteiger partial charge in [-0.05, 0) is 57.8 Å². The van der Waals surface area contributed by atoms with Crippen molar-refractivity contribution in [3.63, 3.8) is 0 Å². The standard InChI is InChI=1S/C56H98O6/c1-4-7-10-13-16-19-22-24-26-28-30-31-34-37-40-43-46-49-55(58)61-52-53(51-60-54(57)48-45-42-39-36-33-21-18-15-12-9-6-3)62-56(59)50-47-44-41-38-35-32-29-27-25-23-20-17-14-11-8-5-2/h7,10,16,19,24,26,30-31,37,40,53H,4-6,8-9,11-15,17-18,20-23,25,27-29,32-36,38-39,41-52H2,1-3H3/b10-7-,19-16-,26-24-,31-30-,40-37-. The molecule has 0 saturated heterocycles. The van der Waals surface area contributed by atoms with E-state index in [1.54, 1.807) is 0 Å². The van der Waals surface area contributed by atoms with Gasteiger partial charge in [-0.3, -0.25) is 14.4 Å². The van der Waals surface area contributed by atoms with Crippen LogP contribution in [0.15, 0.2) is 60.8 Å². The summed E-state index contributed by atoms with van der Waals surface area (Å²) >= 11 is 0. The first-order valence-electron chi connectivity index (χ1n) is 26.3. The van der Waals surface area contributed by atoms with Gasteiger partial charge in [-0.1, -0.05) is 242 Å². The van der Waals surface area contributed by atoms with E-state index < -0.39 is 6.10 Å². The molecule has 0 amide bonds. The maximum Gasteiger partial charge on any atom is 0.306 e. The van der Waals surface area contributed by atoms with Crippen LogP contribution in [0.4, 0.5) is 0 Å². The van der Waals surface area contributed by atoms with Crippen LogP contribution in [0.5, 0.6) is 0 Å². The SMILES string of the molecule is CC/C=C\C/C=C\C/C=C\C/C=C\C/C=C\CCCC(=O)OCC(COC(=O)CCCCCCCCCCCCC)OC(=O)CCCCCCCCCCCCCCCCCC. The van der Waals surface area contributed by atoms with Crippen LogP contribution in [0.1, 0.15) is 258 Å². The fraction of sp³-hybridized carbons (Fsp3) is 0.768. The Morgan fingerprint density at radius 3 is 0.984 bits per heavy atom. The highest BCUT2D eigenvalue weighted by atomic mass is 16.6. The van der Waals surface area contributed by atoms with E-state index in [0.29, 0.717) is 19.3 Å². The number of ether oxygens (including phenoxy) is 3. The molecule has 0 aromatic heterocycles. The molecule has 1 unspecified atom stereocenters. The van der Waals surface area contributed by atoms with Crippen molar-refractivity contribution in [2.24, 2.45) is 0 Å². The minimum atomic E-state index is -0.792. The quantitative estimate of drug-likeness (QED) is 0.0262. The molecule has 0 bridgehead atoms. The van der Waals surface area contributed by atoms with Gasteiger partial charge < -0.3 is 14.2 Å². The Labute approximate surface area is 383 Å². The third-order valence-corrected chi connectivity index (χ3v) is 11.3. The summed E-state index contributed by atoms with van der Waals surface area (Å²) < 4.78 is 16.8. The van der Waals surface area contributed by atoms with Crippen LogP contribution in [-0.2, 0) is 28.6 Å². The van der Waals surface area contributed by atoms with Crippen LogP contribution in [0.3, 0.4) is 0 Å². The van der Waals surface area contributed by atoms with Gasteiger partial charge in [-0.2, -0.15) is 0 Å². The molecule has 0 fully saturated rings. The Bertz CT molecular complexity index is 1130. The number of carbonyl (C=O) groups excluding carboxylic acids is 3. The van der Waals surface area contributed by atoms with E-state index >= 15 is 0 Å². The Morgan fingerprint density at radius 2 is 0.629 bits per heavy atom. The molecule has 6 nitrogen and oxygen atoms in total. The van der Waals surface area contributed by atoms with Crippen molar-refractivity contribution in [2.75, 3.05) is 13.2 Å². The van der Waals surface area contributed by atoms with Crippen LogP contribution in [0, 0.1) is 0 Å². The zero-order valence-corrected chi connectivity index (χ0v) is 40.9. The molecule has 62 heavy (non-hydrogen) atoms. The molecule has 0 aliphatic heterocycles. The summed E-state index contributed by atoms with van der Waals surface area (Å²) in [6.45, 7) is 6.49. The number of carbonyl (C=O) groups is 3. The van der Waals surface area contributed by atoms with Gasteiger partial charge in [0.2, 0.25) is 0 Å². The summed E-state index contributed by atoms with van der Waals surface area (Å²) in [6.07, 6.45) is 62.1. The molecule has 358 valence electrons. The molecule has 0 spiro atoms. The number of hydrogen-bond donors (Lipinski definition) is 0. The molecule has 0 aromatic carbocycles. The highest BCUT2D eigenvalue weighted by Crippen LogP contribution is 2.16. The molecular weight excluding hydrogens is 769 g/mol. The van der Waals surface area contributed by atoms with E-state index in [4.69, 9.17) is 14.2 Å². The maximum atomic E-state index is 12.8. The van der Waals surface area contributed by atoms with E-state index in [2.05, 4.69) is 81.5 Å². The van der Waals surface area contributed by atoms with Crippen molar-refractivity contribution in [3.05, 3.63) is 60.8 Å². The van der Waals surface area contributed by atoms with Crippen molar-refractivity contribution < 1.29 is 28.6 Å². The average molecular weight is 867 g/mol. The number of rotatable bonds is 47. The fourth-order valence-electron chi connectivity index (χ4n) is 7.36. The zero-order chi connectivity index (χ0) is 45.1. The third kappa shape index (κ3) is 48.1. The monoisotopic (exact) mass is 867 g/mol. The van der Waals surface area contributed by atoms with Crippen LogP contribution in [0.25, 0.3) is 0 Å². The van der Waals surface area contributed by atoms with Gasteiger partial charge >= 0.3 is 17.9 Å². The molecule has 0 aliphatic rings. The summed E-state index contributed by atoms with van der Waals surface area (Å²) in [6, 6.07) is 0. The molecule has 0 radical (unpaired) electrons. The van der Waals surface area contributed by atoms with E-state index in [9.17, 15) is 14.4 Å². The smallest absolute Gasteiger partial charge is 0.306 e. The first-order chi connectivity index (χ1) is 30.5. The van der Waals surface area contributed by atoms with E-state index in [1.807, 2.05) is 0 Å². The third-order valence-electron chi connectivity index (χ3n) is 11.3. The highest BCUT2D eigenvalue weighted by Gasteiger charge is 2.19. The van der Waals surface area contributed by atoms with E-state index in [0.717, 1.165) is 77.0 Å². The second-order valence-electron chi connectivity index (χ2n) is 17.4. The van der Waals surface area contributed by atoms with Crippen molar-refractivity contribution in [2.45, 2.75) is 264 Å². The minimum absolute atomic E-state index is 0.0884. The zero-order valence-electron chi connectivity index (χ0n) is 40.9. The van der Waals surface area contributed by atoms with Crippen molar-refractivity contribution in [1.82, 2.24) is 0 Å². The summed E-state index contributed by atoms with van der Waals surface area (Å²) in [4.78, 5) is 37.9. The summed E-state index contributed by atoms with van der Waals surface area (Å²) in [5.74, 6) is -0.942. The molecular formula is C56H98O6. The fourth-order valence-corrected chi connectivity index (χ4v) is 7.36. The van der Waals surface area contributed by atoms with E-state index in [1.165, 1.54) is 135 Å². The largest absolute Gasteiger partial charge is 0.462 e. The maximum absolute atomic E-state index is 12.8. The Kier molecular flexibility index (Phi) is 48.4. The highest BCUT2D eigenvalue weighted by molar-refractivity contribution is 5.71. The second kappa shape index (κ2) is 50.8. The Morgan fingerprint density at radius 1 is 0.339 bits per heavy atom. The normalized spacial score (nSPS) is 12.5. The Balaban J connectivity index is 4.43. The van der Waals surface area contributed by atoms with Gasteiger partial charge in [-0.15, -0.1) is 0 Å². The molecule has 0 N–H and O–H groups in total. The lowest BCUT2D eigenvalue weighted by Crippen LogP contribution is -2.30. The lowest BCUT2D eigenvalue weighted by molar-refractivity contribution is -0.167. The van der Waals surface area contributed by atoms with Crippen LogP contribution in [-0.4, -0.2) is 37.2 Å². The predicted octanol–water partition coefficient (Wildman–Crippen LogP) is 17.3. The van der Waals surface area contributed by atoms with E-state index in [-0.39, 0.29) is 37.5 Å². The topological polar surface area (TPSA) is 78.9 Å². The molecule has 1 atom stereocenters. The summed E-state index contributed by atoms with van der Waals surface area (Å²) in [5, 5.41) is 0. The summed E-state index contributed by atoms with van der Waals surface area (Å²) in [7, 11) is 0. The second-order valence-corrected chi connectivity index (χ2v) is 17.4. The van der Waals surface area contributed by atoms with Gasteiger partial charge in [-0.25, -0.2) is 0 Å². The number of hydrogen-bond acceptors (Lipinski definition) is 6. The molecule has 0 aliphatic carbocycles. The molecule has 0 aromatic rings. The summed E-state index contributed by atoms with van der Waals surface area (Å²) in [5.41, 5.74) is 0. The van der Waals surface area contributed by atoms with Gasteiger partial charge in [0.05, 0.1) is 0 Å². The number of esters is 3.